The second-order valence-electron chi connectivity index (χ2n) is 7.54. The van der Waals surface area contributed by atoms with E-state index in [9.17, 15) is 14.4 Å². The van der Waals surface area contributed by atoms with Crippen LogP contribution in [-0.4, -0.2) is 67.6 Å². The molecule has 0 bridgehead atoms. The number of nitrogens with one attached hydrogen (secondary N) is 2. The smallest absolute Gasteiger partial charge is 0.313 e. The molecule has 2 fully saturated rings. The summed E-state index contributed by atoms with van der Waals surface area (Å²) >= 11 is 6.15. The highest BCUT2D eigenvalue weighted by Crippen LogP contribution is 2.29. The standard InChI is InChI=1S/C20H27ClN4O4/c1-13-11-24(12-14(2)29-13)9-7-22-19(27)20(28)23-17-10-15(5-6-16(17)21)25-8-3-4-18(25)26/h5-6,10,13-14H,3-4,7-9,11-12H2,1-2H3,(H,22,27)(H,23,28)/t13-,14+. The molecule has 2 N–H and O–H groups in total. The van der Waals surface area contributed by atoms with Gasteiger partial charge in [0.2, 0.25) is 5.91 Å². The minimum Gasteiger partial charge on any atom is -0.373 e. The summed E-state index contributed by atoms with van der Waals surface area (Å²) in [7, 11) is 0. The summed E-state index contributed by atoms with van der Waals surface area (Å²) in [5.74, 6) is -1.48. The highest BCUT2D eigenvalue weighted by atomic mass is 35.5. The van der Waals surface area contributed by atoms with E-state index in [0.717, 1.165) is 19.5 Å². The maximum atomic E-state index is 12.3. The predicted molar refractivity (Wildman–Crippen MR) is 111 cm³/mol. The number of halogens is 1. The van der Waals surface area contributed by atoms with Crippen LogP contribution in [-0.2, 0) is 19.1 Å². The summed E-state index contributed by atoms with van der Waals surface area (Å²) in [6.45, 7) is 7.26. The molecular formula is C20H27ClN4O4. The van der Waals surface area contributed by atoms with Gasteiger partial charge in [-0.05, 0) is 38.5 Å². The highest BCUT2D eigenvalue weighted by Gasteiger charge is 2.24. The van der Waals surface area contributed by atoms with Crippen LogP contribution in [0.3, 0.4) is 0 Å². The average Bonchev–Trinajstić information content (AvgIpc) is 3.08. The molecule has 0 aliphatic carbocycles. The molecule has 3 rings (SSSR count). The third-order valence-electron chi connectivity index (χ3n) is 5.00. The molecule has 1 aromatic carbocycles. The van der Waals surface area contributed by atoms with E-state index in [1.165, 1.54) is 0 Å². The Bertz CT molecular complexity index is 778. The number of carbonyl (C=O) groups is 3. The molecule has 9 heteroatoms. The van der Waals surface area contributed by atoms with Gasteiger partial charge in [0.25, 0.3) is 0 Å². The van der Waals surface area contributed by atoms with Crippen LogP contribution in [0.2, 0.25) is 5.02 Å². The lowest BCUT2D eigenvalue weighted by Crippen LogP contribution is -2.48. The van der Waals surface area contributed by atoms with Crippen LogP contribution in [0, 0.1) is 0 Å². The summed E-state index contributed by atoms with van der Waals surface area (Å²) in [5.41, 5.74) is 0.961. The first-order chi connectivity index (χ1) is 13.8. The van der Waals surface area contributed by atoms with Crippen molar-refractivity contribution >= 4 is 40.7 Å². The number of anilines is 2. The zero-order valence-corrected chi connectivity index (χ0v) is 17.5. The number of nitrogens with zero attached hydrogens (tertiary/aromatic N) is 2. The van der Waals surface area contributed by atoms with Crippen molar-refractivity contribution in [1.29, 1.82) is 0 Å². The first kappa shape index (κ1) is 21.5. The Morgan fingerprint density at radius 3 is 2.59 bits per heavy atom. The van der Waals surface area contributed by atoms with Gasteiger partial charge in [-0.3, -0.25) is 19.3 Å². The number of amides is 3. The van der Waals surface area contributed by atoms with Crippen molar-refractivity contribution in [2.45, 2.75) is 38.9 Å². The molecule has 2 atom stereocenters. The lowest BCUT2D eigenvalue weighted by molar-refractivity contribution is -0.136. The summed E-state index contributed by atoms with van der Waals surface area (Å²) < 4.78 is 5.68. The Morgan fingerprint density at radius 1 is 1.21 bits per heavy atom. The van der Waals surface area contributed by atoms with E-state index in [2.05, 4.69) is 15.5 Å². The zero-order valence-electron chi connectivity index (χ0n) is 16.7. The number of morpholine rings is 1. The van der Waals surface area contributed by atoms with Crippen molar-refractivity contribution in [3.63, 3.8) is 0 Å². The molecular weight excluding hydrogens is 396 g/mol. The number of hydrogen-bond donors (Lipinski definition) is 2. The summed E-state index contributed by atoms with van der Waals surface area (Å²) in [6.07, 6.45) is 1.60. The van der Waals surface area contributed by atoms with Crippen molar-refractivity contribution in [2.75, 3.05) is 42.9 Å². The average molecular weight is 423 g/mol. The molecule has 8 nitrogen and oxygen atoms in total. The Balaban J connectivity index is 1.51. The molecule has 0 spiro atoms. The van der Waals surface area contributed by atoms with Crippen LogP contribution in [0.5, 0.6) is 0 Å². The fourth-order valence-corrected chi connectivity index (χ4v) is 3.92. The third-order valence-corrected chi connectivity index (χ3v) is 5.33. The number of ether oxygens (including phenoxy) is 1. The van der Waals surface area contributed by atoms with Crippen LogP contribution >= 0.6 is 11.6 Å². The van der Waals surface area contributed by atoms with Crippen molar-refractivity contribution in [1.82, 2.24) is 10.2 Å². The van der Waals surface area contributed by atoms with Gasteiger partial charge in [-0.2, -0.15) is 0 Å². The van der Waals surface area contributed by atoms with E-state index in [0.29, 0.717) is 42.5 Å². The number of rotatable bonds is 5. The van der Waals surface area contributed by atoms with Crippen molar-refractivity contribution in [2.24, 2.45) is 0 Å². The van der Waals surface area contributed by atoms with Gasteiger partial charge >= 0.3 is 11.8 Å². The van der Waals surface area contributed by atoms with E-state index >= 15 is 0 Å². The molecule has 2 aliphatic heterocycles. The molecule has 2 saturated heterocycles. The van der Waals surface area contributed by atoms with E-state index in [4.69, 9.17) is 16.3 Å². The van der Waals surface area contributed by atoms with Crippen LogP contribution in [0.1, 0.15) is 26.7 Å². The van der Waals surface area contributed by atoms with Crippen LogP contribution in [0.25, 0.3) is 0 Å². The Labute approximate surface area is 175 Å². The zero-order chi connectivity index (χ0) is 21.0. The fraction of sp³-hybridized carbons (Fsp3) is 0.550. The lowest BCUT2D eigenvalue weighted by atomic mass is 10.2. The minimum atomic E-state index is -0.791. The SMILES string of the molecule is C[C@@H]1CN(CCNC(=O)C(=O)Nc2cc(N3CCCC3=O)ccc2Cl)C[C@H](C)O1. The fourth-order valence-electron chi connectivity index (χ4n) is 3.75. The number of carbonyl (C=O) groups excluding carboxylic acids is 3. The minimum absolute atomic E-state index is 0.0362. The van der Waals surface area contributed by atoms with Crippen molar-refractivity contribution in [3.8, 4) is 0 Å². The second-order valence-corrected chi connectivity index (χ2v) is 7.95. The van der Waals surface area contributed by atoms with Gasteiger partial charge < -0.3 is 20.3 Å². The van der Waals surface area contributed by atoms with Crippen LogP contribution in [0.4, 0.5) is 11.4 Å². The van der Waals surface area contributed by atoms with Gasteiger partial charge in [-0.1, -0.05) is 11.6 Å². The van der Waals surface area contributed by atoms with Gasteiger partial charge in [0.1, 0.15) is 0 Å². The Morgan fingerprint density at radius 2 is 1.93 bits per heavy atom. The highest BCUT2D eigenvalue weighted by molar-refractivity contribution is 6.41. The van der Waals surface area contributed by atoms with Crippen molar-refractivity contribution in [3.05, 3.63) is 23.2 Å². The number of hydrogen-bond acceptors (Lipinski definition) is 5. The van der Waals surface area contributed by atoms with E-state index < -0.39 is 11.8 Å². The maximum Gasteiger partial charge on any atom is 0.313 e. The normalized spacial score (nSPS) is 22.6. The molecule has 0 radical (unpaired) electrons. The number of benzene rings is 1. The molecule has 158 valence electrons. The molecule has 0 unspecified atom stereocenters. The molecule has 2 heterocycles. The first-order valence-electron chi connectivity index (χ1n) is 9.90. The quantitative estimate of drug-likeness (QED) is 0.704. The maximum absolute atomic E-state index is 12.3. The van der Waals surface area contributed by atoms with E-state index in [-0.39, 0.29) is 18.1 Å². The summed E-state index contributed by atoms with van der Waals surface area (Å²) in [5, 5.41) is 5.48. The lowest BCUT2D eigenvalue weighted by Gasteiger charge is -2.35. The Hall–Kier alpha value is -2.16. The molecule has 1 aromatic rings. The topological polar surface area (TPSA) is 91.0 Å². The monoisotopic (exact) mass is 422 g/mol. The largest absolute Gasteiger partial charge is 0.373 e. The first-order valence-corrected chi connectivity index (χ1v) is 10.3. The van der Waals surface area contributed by atoms with Gasteiger partial charge in [0, 0.05) is 44.8 Å². The molecule has 29 heavy (non-hydrogen) atoms. The van der Waals surface area contributed by atoms with Gasteiger partial charge in [0.05, 0.1) is 22.9 Å². The summed E-state index contributed by atoms with van der Waals surface area (Å²) in [6, 6.07) is 4.95. The molecule has 0 saturated carbocycles. The van der Waals surface area contributed by atoms with E-state index in [1.54, 1.807) is 23.1 Å². The third kappa shape index (κ3) is 5.68. The van der Waals surface area contributed by atoms with Crippen LogP contribution in [0.15, 0.2) is 18.2 Å². The second kappa shape index (κ2) is 9.56. The van der Waals surface area contributed by atoms with E-state index in [1.807, 2.05) is 13.8 Å². The molecule has 2 aliphatic rings. The molecule has 3 amide bonds. The van der Waals surface area contributed by atoms with Crippen LogP contribution < -0.4 is 15.5 Å². The van der Waals surface area contributed by atoms with Gasteiger partial charge in [-0.25, -0.2) is 0 Å². The summed E-state index contributed by atoms with van der Waals surface area (Å²) in [4.78, 5) is 40.2. The Kier molecular flexibility index (Phi) is 7.10. The molecule has 0 aromatic heterocycles. The van der Waals surface area contributed by atoms with Crippen molar-refractivity contribution < 1.29 is 19.1 Å². The van der Waals surface area contributed by atoms with Gasteiger partial charge in [0.15, 0.2) is 0 Å². The predicted octanol–water partition coefficient (Wildman–Crippen LogP) is 1.63. The van der Waals surface area contributed by atoms with Gasteiger partial charge in [-0.15, -0.1) is 0 Å².